The van der Waals surface area contributed by atoms with Crippen molar-refractivity contribution in [2.75, 3.05) is 6.54 Å². The van der Waals surface area contributed by atoms with Crippen molar-refractivity contribution in [2.24, 2.45) is 5.73 Å². The second kappa shape index (κ2) is 5.64. The minimum absolute atomic E-state index is 0.0973. The van der Waals surface area contributed by atoms with E-state index in [-0.39, 0.29) is 12.1 Å². The first-order chi connectivity index (χ1) is 9.68. The van der Waals surface area contributed by atoms with Crippen molar-refractivity contribution in [3.05, 3.63) is 52.0 Å². The van der Waals surface area contributed by atoms with Crippen LogP contribution in [0.5, 0.6) is 0 Å². The van der Waals surface area contributed by atoms with Crippen LogP contribution >= 0.6 is 11.3 Å². The van der Waals surface area contributed by atoms with Gasteiger partial charge in [-0.15, -0.1) is 11.3 Å². The molecule has 2 aromatic heterocycles. The van der Waals surface area contributed by atoms with Crippen LogP contribution < -0.4 is 5.73 Å². The number of aromatic nitrogens is 1. The summed E-state index contributed by atoms with van der Waals surface area (Å²) in [4.78, 5) is 8.19. The summed E-state index contributed by atoms with van der Waals surface area (Å²) >= 11 is 1.88. The summed E-state index contributed by atoms with van der Waals surface area (Å²) in [5, 5.41) is 2.21. The van der Waals surface area contributed by atoms with Gasteiger partial charge in [-0.25, -0.2) is 0 Å². The number of fused-ring (bicyclic) bond motifs is 1. The average molecular weight is 287 g/mol. The molecule has 1 aliphatic heterocycles. The van der Waals surface area contributed by atoms with E-state index in [9.17, 15) is 0 Å². The van der Waals surface area contributed by atoms with Crippen molar-refractivity contribution >= 4 is 11.3 Å². The molecule has 1 aliphatic rings. The first-order valence-corrected chi connectivity index (χ1v) is 8.04. The molecular weight excluding hydrogens is 266 g/mol. The Balaban J connectivity index is 1.94. The van der Waals surface area contributed by atoms with E-state index in [1.807, 2.05) is 23.7 Å². The quantitative estimate of drug-likeness (QED) is 0.943. The summed E-state index contributed by atoms with van der Waals surface area (Å²) < 4.78 is 0. The van der Waals surface area contributed by atoms with E-state index < -0.39 is 0 Å². The Hall–Kier alpha value is -1.23. The lowest BCUT2D eigenvalue weighted by Gasteiger charge is -2.41. The number of rotatable bonds is 3. The van der Waals surface area contributed by atoms with Gasteiger partial charge in [0.25, 0.3) is 0 Å². The minimum atomic E-state index is 0.0973. The second-order valence-electron chi connectivity index (χ2n) is 5.55. The molecule has 0 fully saturated rings. The molecule has 2 aromatic rings. The molecule has 0 aliphatic carbocycles. The Morgan fingerprint density at radius 2 is 2.10 bits per heavy atom. The van der Waals surface area contributed by atoms with E-state index in [2.05, 4.69) is 47.3 Å². The van der Waals surface area contributed by atoms with Crippen LogP contribution in [0.1, 0.15) is 41.9 Å². The van der Waals surface area contributed by atoms with E-state index in [1.165, 1.54) is 16.0 Å². The summed E-state index contributed by atoms with van der Waals surface area (Å²) in [5.74, 6) is 0. The number of pyridine rings is 1. The van der Waals surface area contributed by atoms with Gasteiger partial charge >= 0.3 is 0 Å². The molecule has 0 amide bonds. The minimum Gasteiger partial charge on any atom is -0.326 e. The molecule has 0 radical (unpaired) electrons. The molecule has 20 heavy (non-hydrogen) atoms. The molecule has 0 saturated heterocycles. The number of thiophene rings is 1. The van der Waals surface area contributed by atoms with Gasteiger partial charge in [0.05, 0.1) is 6.04 Å². The molecule has 0 aromatic carbocycles. The van der Waals surface area contributed by atoms with Gasteiger partial charge < -0.3 is 5.73 Å². The summed E-state index contributed by atoms with van der Waals surface area (Å²) in [6.45, 7) is 5.46. The normalized spacial score (nSPS) is 22.2. The first kappa shape index (κ1) is 13.7. The van der Waals surface area contributed by atoms with Crippen molar-refractivity contribution in [1.82, 2.24) is 9.88 Å². The van der Waals surface area contributed by atoms with Crippen molar-refractivity contribution < 1.29 is 0 Å². The summed E-state index contributed by atoms with van der Waals surface area (Å²) in [6, 6.07) is 7.21. The van der Waals surface area contributed by atoms with Gasteiger partial charge in [-0.3, -0.25) is 9.88 Å². The topological polar surface area (TPSA) is 42.1 Å². The van der Waals surface area contributed by atoms with Crippen LogP contribution in [-0.2, 0) is 6.42 Å². The Labute approximate surface area is 124 Å². The monoisotopic (exact) mass is 287 g/mol. The van der Waals surface area contributed by atoms with Gasteiger partial charge in [-0.2, -0.15) is 0 Å². The van der Waals surface area contributed by atoms with Crippen LogP contribution in [0.2, 0.25) is 0 Å². The molecule has 4 heteroatoms. The van der Waals surface area contributed by atoms with Gasteiger partial charge in [0.2, 0.25) is 0 Å². The van der Waals surface area contributed by atoms with Crippen LogP contribution in [0.15, 0.2) is 36.0 Å². The van der Waals surface area contributed by atoms with E-state index in [4.69, 9.17) is 5.73 Å². The Morgan fingerprint density at radius 1 is 1.35 bits per heavy atom. The zero-order valence-corrected chi connectivity index (χ0v) is 12.8. The van der Waals surface area contributed by atoms with E-state index >= 15 is 0 Å². The molecule has 0 saturated carbocycles. The SMILES string of the molecule is CC(N)C(c1ccncc1)N1CCc2sccc2C1C. The van der Waals surface area contributed by atoms with Crippen molar-refractivity contribution in [3.8, 4) is 0 Å². The molecule has 3 rings (SSSR count). The fraction of sp³-hybridized carbons (Fsp3) is 0.438. The highest BCUT2D eigenvalue weighted by Crippen LogP contribution is 2.38. The largest absolute Gasteiger partial charge is 0.326 e. The van der Waals surface area contributed by atoms with Gasteiger partial charge in [-0.05, 0) is 55.0 Å². The van der Waals surface area contributed by atoms with Crippen molar-refractivity contribution in [1.29, 1.82) is 0 Å². The summed E-state index contributed by atoms with van der Waals surface area (Å²) in [6.07, 6.45) is 4.84. The molecular formula is C16H21N3S. The zero-order chi connectivity index (χ0) is 14.1. The molecule has 3 atom stereocenters. The highest BCUT2D eigenvalue weighted by molar-refractivity contribution is 7.10. The maximum Gasteiger partial charge on any atom is 0.0503 e. The lowest BCUT2D eigenvalue weighted by atomic mass is 9.93. The highest BCUT2D eigenvalue weighted by atomic mass is 32.1. The molecule has 3 nitrogen and oxygen atoms in total. The highest BCUT2D eigenvalue weighted by Gasteiger charge is 2.32. The predicted octanol–water partition coefficient (Wildman–Crippen LogP) is 3.15. The fourth-order valence-corrected chi connectivity index (χ4v) is 4.23. The molecule has 3 unspecified atom stereocenters. The Morgan fingerprint density at radius 3 is 2.80 bits per heavy atom. The lowest BCUT2D eigenvalue weighted by Crippen LogP contribution is -2.43. The third kappa shape index (κ3) is 2.39. The number of hydrogen-bond acceptors (Lipinski definition) is 4. The number of hydrogen-bond donors (Lipinski definition) is 1. The molecule has 3 heterocycles. The Bertz CT molecular complexity index is 564. The van der Waals surface area contributed by atoms with Crippen LogP contribution in [0, 0.1) is 0 Å². The second-order valence-corrected chi connectivity index (χ2v) is 6.55. The van der Waals surface area contributed by atoms with Gasteiger partial charge in [0, 0.05) is 35.9 Å². The maximum absolute atomic E-state index is 6.30. The third-order valence-corrected chi connectivity index (χ3v) is 5.22. The zero-order valence-electron chi connectivity index (χ0n) is 12.0. The first-order valence-electron chi connectivity index (χ1n) is 7.16. The third-order valence-electron chi connectivity index (χ3n) is 4.23. The Kier molecular flexibility index (Phi) is 3.87. The smallest absolute Gasteiger partial charge is 0.0503 e. The molecule has 0 bridgehead atoms. The van der Waals surface area contributed by atoms with Crippen molar-refractivity contribution in [3.63, 3.8) is 0 Å². The van der Waals surface area contributed by atoms with Gasteiger partial charge in [0.1, 0.15) is 0 Å². The van der Waals surface area contributed by atoms with Crippen LogP contribution in [0.3, 0.4) is 0 Å². The number of nitrogens with two attached hydrogens (primary N) is 1. The van der Waals surface area contributed by atoms with Crippen molar-refractivity contribution in [2.45, 2.75) is 38.4 Å². The summed E-state index contributed by atoms with van der Waals surface area (Å²) in [5.41, 5.74) is 9.04. The number of nitrogens with zero attached hydrogens (tertiary/aromatic N) is 2. The predicted molar refractivity (Wildman–Crippen MR) is 83.8 cm³/mol. The lowest BCUT2D eigenvalue weighted by molar-refractivity contribution is 0.119. The summed E-state index contributed by atoms with van der Waals surface area (Å²) in [7, 11) is 0. The van der Waals surface area contributed by atoms with Gasteiger partial charge in [0.15, 0.2) is 0 Å². The van der Waals surface area contributed by atoms with E-state index in [1.54, 1.807) is 0 Å². The van der Waals surface area contributed by atoms with E-state index in [0.717, 1.165) is 13.0 Å². The van der Waals surface area contributed by atoms with Crippen LogP contribution in [0.4, 0.5) is 0 Å². The molecule has 2 N–H and O–H groups in total. The van der Waals surface area contributed by atoms with Crippen LogP contribution in [0.25, 0.3) is 0 Å². The van der Waals surface area contributed by atoms with Gasteiger partial charge in [-0.1, -0.05) is 0 Å². The average Bonchev–Trinajstić information content (AvgIpc) is 2.92. The fourth-order valence-electron chi connectivity index (χ4n) is 3.27. The molecule has 106 valence electrons. The van der Waals surface area contributed by atoms with E-state index in [0.29, 0.717) is 6.04 Å². The molecule has 0 spiro atoms. The maximum atomic E-state index is 6.30. The van der Waals surface area contributed by atoms with Crippen LogP contribution in [-0.4, -0.2) is 22.5 Å². The standard InChI is InChI=1S/C16H21N3S/c1-11(17)16(13-3-7-18-8-4-13)19-9-5-15-14(12(19)2)6-10-20-15/h3-4,6-8,10-12,16H,5,9,17H2,1-2H3.